The molecule has 1 heterocycles. The monoisotopic (exact) mass is 526 g/mol. The number of aliphatic hydroxyl groups is 1. The lowest BCUT2D eigenvalue weighted by atomic mass is 9.82. The highest BCUT2D eigenvalue weighted by Crippen LogP contribution is 2.56. The van der Waals surface area contributed by atoms with Crippen molar-refractivity contribution in [1.82, 2.24) is 0 Å². The Hall–Kier alpha value is -3.54. The number of aliphatic hydroxyl groups excluding tert-OH is 1. The summed E-state index contributed by atoms with van der Waals surface area (Å²) in [5.41, 5.74) is 8.32. The van der Waals surface area contributed by atoms with E-state index in [2.05, 4.69) is 4.74 Å². The molecule has 190 valence electrons. The third-order valence-electron chi connectivity index (χ3n) is 5.88. The largest absolute Gasteiger partial charge is 0.573 e. The highest BCUT2D eigenvalue weighted by Gasteiger charge is 2.52. The van der Waals surface area contributed by atoms with Crippen LogP contribution in [0.15, 0.2) is 48.5 Å². The highest BCUT2D eigenvalue weighted by atomic mass is 35.5. The van der Waals surface area contributed by atoms with Crippen LogP contribution < -0.4 is 25.7 Å². The number of hydrogen-bond donors (Lipinski definition) is 3. The van der Waals surface area contributed by atoms with Crippen molar-refractivity contribution >= 4 is 17.5 Å². The first kappa shape index (κ1) is 25.5. The van der Waals surface area contributed by atoms with Crippen molar-refractivity contribution in [3.63, 3.8) is 0 Å². The summed E-state index contributed by atoms with van der Waals surface area (Å²) in [6, 6.07) is 10.1. The first-order valence-corrected chi connectivity index (χ1v) is 10.7. The Labute approximate surface area is 207 Å². The van der Waals surface area contributed by atoms with Gasteiger partial charge in [0.2, 0.25) is 5.91 Å². The molecule has 1 aliphatic heterocycles. The molecule has 2 atom stereocenters. The van der Waals surface area contributed by atoms with Gasteiger partial charge in [0.05, 0.1) is 12.7 Å². The summed E-state index contributed by atoms with van der Waals surface area (Å²) in [5, 5.41) is 11.4. The second-order valence-corrected chi connectivity index (χ2v) is 8.25. The minimum absolute atomic E-state index is 0.0493. The molecule has 0 aliphatic carbocycles. The molecule has 5 N–H and O–H groups in total. The zero-order valence-electron chi connectivity index (χ0n) is 18.5. The summed E-state index contributed by atoms with van der Waals surface area (Å²) in [6.45, 7) is -0.512. The lowest BCUT2D eigenvalue weighted by Gasteiger charge is -2.32. The van der Waals surface area contributed by atoms with Crippen molar-refractivity contribution in [2.75, 3.05) is 13.7 Å². The van der Waals surface area contributed by atoms with E-state index in [0.29, 0.717) is 0 Å². The van der Waals surface area contributed by atoms with Gasteiger partial charge < -0.3 is 30.8 Å². The van der Waals surface area contributed by atoms with Gasteiger partial charge in [-0.2, -0.15) is 0 Å². The molecule has 0 bridgehead atoms. The number of primary amides is 1. The van der Waals surface area contributed by atoms with Crippen LogP contribution in [0.1, 0.15) is 27.6 Å². The predicted octanol–water partition coefficient (Wildman–Crippen LogP) is 4.43. The standard InChI is InChI=1S/C24H19ClF4N2O5/c1-34-16-8-6-11(22(31)33)17(20(16)26)18-13(25)7-9-15-19(18)21(32)23(10-30,35-15)12-4-2-3-5-14(12)36-24(27,28)29/h2-9,21,32H,10,30H2,1H3,(H2,31,33)/t21-,23+/m0/s1. The van der Waals surface area contributed by atoms with Crippen molar-refractivity contribution in [2.24, 2.45) is 11.5 Å². The average Bonchev–Trinajstić information content (AvgIpc) is 3.11. The molecule has 12 heteroatoms. The average molecular weight is 527 g/mol. The van der Waals surface area contributed by atoms with E-state index >= 15 is 4.39 Å². The number of hydrogen-bond acceptors (Lipinski definition) is 6. The highest BCUT2D eigenvalue weighted by molar-refractivity contribution is 6.34. The molecule has 3 aromatic rings. The Morgan fingerprint density at radius 2 is 1.83 bits per heavy atom. The quantitative estimate of drug-likeness (QED) is 0.409. The minimum atomic E-state index is -5.04. The van der Waals surface area contributed by atoms with E-state index in [1.807, 2.05) is 0 Å². The summed E-state index contributed by atoms with van der Waals surface area (Å²) < 4.78 is 69.9. The Kier molecular flexibility index (Phi) is 6.50. The van der Waals surface area contributed by atoms with E-state index in [-0.39, 0.29) is 44.3 Å². The first-order valence-electron chi connectivity index (χ1n) is 10.4. The molecule has 36 heavy (non-hydrogen) atoms. The first-order chi connectivity index (χ1) is 16.9. The second kappa shape index (κ2) is 9.16. The topological polar surface area (TPSA) is 117 Å². The lowest BCUT2D eigenvalue weighted by Crippen LogP contribution is -2.43. The molecule has 4 rings (SSSR count). The number of nitrogens with two attached hydrogens (primary N) is 2. The Morgan fingerprint density at radius 1 is 1.14 bits per heavy atom. The smallest absolute Gasteiger partial charge is 0.494 e. The Bertz CT molecular complexity index is 1350. The summed E-state index contributed by atoms with van der Waals surface area (Å²) in [6.07, 6.45) is -6.81. The van der Waals surface area contributed by atoms with Crippen molar-refractivity contribution in [2.45, 2.75) is 18.1 Å². The van der Waals surface area contributed by atoms with Crippen LogP contribution in [-0.2, 0) is 5.60 Å². The number of methoxy groups -OCH3 is 1. The van der Waals surface area contributed by atoms with Crippen molar-refractivity contribution < 1.29 is 41.7 Å². The van der Waals surface area contributed by atoms with E-state index in [9.17, 15) is 23.1 Å². The maximum Gasteiger partial charge on any atom is 0.573 e. The molecule has 0 aromatic heterocycles. The number of benzene rings is 3. The van der Waals surface area contributed by atoms with E-state index in [1.165, 1.54) is 49.6 Å². The third-order valence-corrected chi connectivity index (χ3v) is 6.19. The molecule has 7 nitrogen and oxygen atoms in total. The van der Waals surface area contributed by atoms with Crippen LogP contribution in [0.2, 0.25) is 5.02 Å². The fraction of sp³-hybridized carbons (Fsp3) is 0.208. The predicted molar refractivity (Wildman–Crippen MR) is 121 cm³/mol. The number of fused-ring (bicyclic) bond motifs is 1. The molecule has 0 spiro atoms. The molecule has 0 saturated heterocycles. The van der Waals surface area contributed by atoms with Gasteiger partial charge in [0.25, 0.3) is 0 Å². The fourth-order valence-electron chi connectivity index (χ4n) is 4.33. The van der Waals surface area contributed by atoms with Crippen LogP contribution in [0.5, 0.6) is 17.2 Å². The second-order valence-electron chi connectivity index (χ2n) is 7.84. The minimum Gasteiger partial charge on any atom is -0.494 e. The van der Waals surface area contributed by atoms with Gasteiger partial charge in [-0.1, -0.05) is 29.8 Å². The Morgan fingerprint density at radius 3 is 2.44 bits per heavy atom. The SMILES string of the molecule is COc1ccc(C(N)=O)c(-c2c(Cl)ccc3c2[C@H](O)[C@@](CN)(c2ccccc2OC(F)(F)F)O3)c1F. The number of alkyl halides is 3. The number of ether oxygens (including phenoxy) is 3. The molecular weight excluding hydrogens is 508 g/mol. The van der Waals surface area contributed by atoms with Gasteiger partial charge >= 0.3 is 6.36 Å². The van der Waals surface area contributed by atoms with Crippen LogP contribution >= 0.6 is 11.6 Å². The zero-order valence-corrected chi connectivity index (χ0v) is 19.3. The lowest BCUT2D eigenvalue weighted by molar-refractivity contribution is -0.275. The van der Waals surface area contributed by atoms with Gasteiger partial charge in [-0.05, 0) is 30.3 Å². The molecular formula is C24H19ClF4N2O5. The fourth-order valence-corrected chi connectivity index (χ4v) is 4.59. The summed E-state index contributed by atoms with van der Waals surface area (Å²) >= 11 is 6.42. The van der Waals surface area contributed by atoms with Gasteiger partial charge in [0.1, 0.15) is 17.6 Å². The molecule has 1 aliphatic rings. The maximum absolute atomic E-state index is 15.5. The number of para-hydroxylation sites is 1. The molecule has 0 saturated carbocycles. The van der Waals surface area contributed by atoms with Crippen LogP contribution in [-0.4, -0.2) is 31.0 Å². The normalized spacial score (nSPS) is 18.9. The van der Waals surface area contributed by atoms with Gasteiger partial charge in [-0.3, -0.25) is 4.79 Å². The number of carbonyl (C=O) groups excluding carboxylic acids is 1. The molecule has 1 amide bonds. The van der Waals surface area contributed by atoms with E-state index < -0.39 is 42.1 Å². The van der Waals surface area contributed by atoms with Gasteiger partial charge in [-0.15, -0.1) is 13.2 Å². The molecule has 0 radical (unpaired) electrons. The number of carbonyl (C=O) groups is 1. The van der Waals surface area contributed by atoms with Gasteiger partial charge in [0, 0.05) is 33.8 Å². The number of halogens is 5. The third kappa shape index (κ3) is 4.08. The molecule has 0 fully saturated rings. The van der Waals surface area contributed by atoms with Crippen molar-refractivity contribution in [3.05, 3.63) is 76.1 Å². The summed E-state index contributed by atoms with van der Waals surface area (Å²) in [4.78, 5) is 12.2. The van der Waals surface area contributed by atoms with Gasteiger partial charge in [0.15, 0.2) is 17.2 Å². The van der Waals surface area contributed by atoms with E-state index in [1.54, 1.807) is 0 Å². The van der Waals surface area contributed by atoms with E-state index in [4.69, 9.17) is 32.5 Å². The molecule has 0 unspecified atom stereocenters. The van der Waals surface area contributed by atoms with Crippen LogP contribution in [0.4, 0.5) is 17.6 Å². The summed E-state index contributed by atoms with van der Waals surface area (Å²) in [5.74, 6) is -2.94. The zero-order chi connectivity index (χ0) is 26.4. The van der Waals surface area contributed by atoms with E-state index in [0.717, 1.165) is 6.07 Å². The number of amides is 1. The van der Waals surface area contributed by atoms with Crippen molar-refractivity contribution in [1.29, 1.82) is 0 Å². The van der Waals surface area contributed by atoms with Crippen LogP contribution in [0.25, 0.3) is 11.1 Å². The van der Waals surface area contributed by atoms with Crippen LogP contribution in [0.3, 0.4) is 0 Å². The summed E-state index contributed by atoms with van der Waals surface area (Å²) in [7, 11) is 1.21. The number of rotatable bonds is 6. The Balaban J connectivity index is 1.99. The maximum atomic E-state index is 15.5. The molecule has 3 aromatic carbocycles. The van der Waals surface area contributed by atoms with Crippen molar-refractivity contribution in [3.8, 4) is 28.4 Å². The van der Waals surface area contributed by atoms with Gasteiger partial charge in [-0.25, -0.2) is 4.39 Å². The van der Waals surface area contributed by atoms with Crippen LogP contribution in [0, 0.1) is 5.82 Å².